The Labute approximate surface area is 187 Å². The number of carbonyl (C=O) groups excluding carboxylic acids is 1. The quantitative estimate of drug-likeness (QED) is 0.571. The van der Waals surface area contributed by atoms with Crippen LogP contribution in [-0.2, 0) is 16.6 Å². The number of sulfonamides is 1. The molecular formula is C19H20ClF3N4O4S. The Morgan fingerprint density at radius 3 is 2.53 bits per heavy atom. The van der Waals surface area contributed by atoms with E-state index in [2.05, 4.69) is 10.2 Å². The predicted molar refractivity (Wildman–Crippen MR) is 111 cm³/mol. The van der Waals surface area contributed by atoms with E-state index in [-0.39, 0.29) is 0 Å². The molecule has 1 aromatic heterocycles. The van der Waals surface area contributed by atoms with Crippen LogP contribution in [0.1, 0.15) is 35.8 Å². The zero-order valence-corrected chi connectivity index (χ0v) is 18.5. The van der Waals surface area contributed by atoms with Crippen molar-refractivity contribution in [1.29, 1.82) is 0 Å². The minimum Gasteiger partial charge on any atom is -0.493 e. The van der Waals surface area contributed by atoms with E-state index in [1.54, 1.807) is 23.1 Å². The number of hydrogen-bond acceptors (Lipinski definition) is 7. The largest absolute Gasteiger partial charge is 0.516 e. The summed E-state index contributed by atoms with van der Waals surface area (Å²) in [5.74, 6) is 0.0402. The van der Waals surface area contributed by atoms with Crippen LogP contribution in [0.2, 0.25) is 5.02 Å². The molecule has 13 heteroatoms. The molecule has 2 aromatic rings. The van der Waals surface area contributed by atoms with Gasteiger partial charge in [0.15, 0.2) is 11.5 Å². The fourth-order valence-corrected chi connectivity index (χ4v) is 3.37. The first kappa shape index (κ1) is 24.1. The van der Waals surface area contributed by atoms with E-state index in [4.69, 9.17) is 16.3 Å². The summed E-state index contributed by atoms with van der Waals surface area (Å²) in [5, 5.41) is 7.96. The van der Waals surface area contributed by atoms with Gasteiger partial charge in [-0.15, -0.1) is 10.2 Å². The number of halogens is 4. The molecule has 0 spiro atoms. The van der Waals surface area contributed by atoms with Crippen molar-refractivity contribution >= 4 is 33.3 Å². The summed E-state index contributed by atoms with van der Waals surface area (Å²) in [6.45, 7) is 3.30. The second kappa shape index (κ2) is 9.49. The maximum atomic E-state index is 12.4. The van der Waals surface area contributed by atoms with Crippen molar-refractivity contribution < 1.29 is 31.1 Å². The molecule has 8 nitrogen and oxygen atoms in total. The summed E-state index contributed by atoms with van der Waals surface area (Å²) < 4.78 is 66.3. The van der Waals surface area contributed by atoms with E-state index < -0.39 is 27.1 Å². The number of benzene rings is 1. The fourth-order valence-electron chi connectivity index (χ4n) is 2.71. The Morgan fingerprint density at radius 1 is 1.25 bits per heavy atom. The highest BCUT2D eigenvalue weighted by atomic mass is 35.5. The maximum absolute atomic E-state index is 12.4. The van der Waals surface area contributed by atoms with Crippen molar-refractivity contribution in [2.45, 2.75) is 31.8 Å². The molecule has 0 bridgehead atoms. The summed E-state index contributed by atoms with van der Waals surface area (Å²) in [6, 6.07) is 7.74. The molecule has 1 amide bonds. The summed E-state index contributed by atoms with van der Waals surface area (Å²) in [5.41, 5.74) is -5.39. The number of anilines is 1. The molecule has 1 aliphatic rings. The third kappa shape index (κ3) is 6.00. The van der Waals surface area contributed by atoms with Crippen LogP contribution in [0.15, 0.2) is 30.3 Å². The summed E-state index contributed by atoms with van der Waals surface area (Å²) in [6.07, 6.45) is 2.29. The summed E-state index contributed by atoms with van der Waals surface area (Å²) >= 11 is 6.13. The molecule has 1 heterocycles. The van der Waals surface area contributed by atoms with E-state index in [1.165, 1.54) is 6.07 Å². The van der Waals surface area contributed by atoms with Crippen LogP contribution in [0.25, 0.3) is 0 Å². The van der Waals surface area contributed by atoms with Crippen molar-refractivity contribution in [3.8, 4) is 5.75 Å². The molecule has 3 rings (SSSR count). The number of ether oxygens (including phenoxy) is 1. The molecule has 174 valence electrons. The number of alkyl halides is 3. The second-order valence-corrected chi connectivity index (χ2v) is 9.29. The minimum absolute atomic E-state index is 0.329. The summed E-state index contributed by atoms with van der Waals surface area (Å²) in [4.78, 5) is 13.6. The van der Waals surface area contributed by atoms with Gasteiger partial charge >= 0.3 is 15.5 Å². The number of nitrogens with zero attached hydrogens (tertiary/aromatic N) is 3. The highest BCUT2D eigenvalue weighted by Crippen LogP contribution is 2.32. The van der Waals surface area contributed by atoms with Crippen LogP contribution in [0.3, 0.4) is 0 Å². The Kier molecular flexibility index (Phi) is 7.13. The monoisotopic (exact) mass is 492 g/mol. The van der Waals surface area contributed by atoms with Gasteiger partial charge in [0.25, 0.3) is 5.91 Å². The van der Waals surface area contributed by atoms with Crippen molar-refractivity contribution in [3.63, 3.8) is 0 Å². The molecule has 1 fully saturated rings. The molecule has 0 radical (unpaired) electrons. The van der Waals surface area contributed by atoms with Gasteiger partial charge < -0.3 is 9.64 Å². The van der Waals surface area contributed by atoms with Crippen molar-refractivity contribution in [1.82, 2.24) is 14.9 Å². The van der Waals surface area contributed by atoms with Crippen molar-refractivity contribution in [2.75, 3.05) is 18.1 Å². The Bertz CT molecular complexity index is 1080. The van der Waals surface area contributed by atoms with Crippen LogP contribution >= 0.6 is 11.6 Å². The molecule has 1 aliphatic carbocycles. The minimum atomic E-state index is -5.84. The van der Waals surface area contributed by atoms with Gasteiger partial charge in [-0.1, -0.05) is 11.6 Å². The third-order valence-electron chi connectivity index (χ3n) is 4.68. The van der Waals surface area contributed by atoms with Gasteiger partial charge in [0.1, 0.15) is 5.75 Å². The van der Waals surface area contributed by atoms with Gasteiger partial charge in [-0.2, -0.15) is 21.6 Å². The maximum Gasteiger partial charge on any atom is 0.516 e. The molecule has 0 saturated heterocycles. The molecule has 1 saturated carbocycles. The van der Waals surface area contributed by atoms with E-state index in [0.717, 1.165) is 29.2 Å². The molecule has 0 unspecified atom stereocenters. The SMILES string of the molecule is CCN(Cc1cc(Cl)ccc1OCC1CC1)c1ccc(C(=O)NS(=O)(=O)C(F)(F)F)nn1. The van der Waals surface area contributed by atoms with Gasteiger partial charge in [0, 0.05) is 23.7 Å². The zero-order chi connectivity index (χ0) is 23.5. The molecule has 32 heavy (non-hydrogen) atoms. The average Bonchev–Trinajstić information content (AvgIpc) is 3.55. The van der Waals surface area contributed by atoms with E-state index in [9.17, 15) is 26.4 Å². The summed E-state index contributed by atoms with van der Waals surface area (Å²) in [7, 11) is -5.84. The smallest absolute Gasteiger partial charge is 0.493 e. The molecule has 0 atom stereocenters. The van der Waals surface area contributed by atoms with Crippen molar-refractivity contribution in [3.05, 3.63) is 46.6 Å². The van der Waals surface area contributed by atoms with E-state index in [1.807, 2.05) is 6.92 Å². The van der Waals surface area contributed by atoms with Crippen LogP contribution < -0.4 is 14.4 Å². The van der Waals surface area contributed by atoms with Crippen LogP contribution in [0, 0.1) is 5.92 Å². The molecule has 0 aliphatic heterocycles. The zero-order valence-electron chi connectivity index (χ0n) is 16.9. The number of hydrogen-bond donors (Lipinski definition) is 1. The first-order valence-corrected chi connectivity index (χ1v) is 11.5. The number of nitrogens with one attached hydrogen (secondary N) is 1. The lowest BCUT2D eigenvalue weighted by molar-refractivity contribution is -0.0446. The van der Waals surface area contributed by atoms with Gasteiger partial charge in [-0.25, -0.2) is 4.72 Å². The van der Waals surface area contributed by atoms with Gasteiger partial charge in [0.05, 0.1) is 6.61 Å². The molecular weight excluding hydrogens is 473 g/mol. The molecule has 1 N–H and O–H groups in total. The third-order valence-corrected chi connectivity index (χ3v) is 5.97. The number of amides is 1. The van der Waals surface area contributed by atoms with Crippen LogP contribution in [-0.4, -0.2) is 43.2 Å². The average molecular weight is 493 g/mol. The van der Waals surface area contributed by atoms with Gasteiger partial charge in [0.2, 0.25) is 0 Å². The fraction of sp³-hybridized carbons (Fsp3) is 0.421. The molecule has 1 aromatic carbocycles. The first-order valence-electron chi connectivity index (χ1n) is 9.63. The van der Waals surface area contributed by atoms with Gasteiger partial charge in [-0.05, 0) is 56.0 Å². The first-order chi connectivity index (χ1) is 15.0. The predicted octanol–water partition coefficient (Wildman–Crippen LogP) is 3.52. The topological polar surface area (TPSA) is 101 Å². The van der Waals surface area contributed by atoms with Gasteiger partial charge in [-0.3, -0.25) is 4.79 Å². The lowest BCUT2D eigenvalue weighted by Crippen LogP contribution is -2.40. The highest BCUT2D eigenvalue weighted by molar-refractivity contribution is 7.90. The van der Waals surface area contributed by atoms with Crippen LogP contribution in [0.5, 0.6) is 5.75 Å². The van der Waals surface area contributed by atoms with Crippen molar-refractivity contribution in [2.24, 2.45) is 5.92 Å². The standard InChI is InChI=1S/C19H20ClF3N4O4S/c1-2-27(10-13-9-14(20)5-7-16(13)31-11-12-3-4-12)17-8-6-15(24-25-17)18(28)26-32(29,30)19(21,22)23/h5-9,12H,2-4,10-11H2,1H3,(H,26,28). The van der Waals surface area contributed by atoms with E-state index in [0.29, 0.717) is 42.2 Å². The number of aromatic nitrogens is 2. The second-order valence-electron chi connectivity index (χ2n) is 7.18. The van der Waals surface area contributed by atoms with Crippen LogP contribution in [0.4, 0.5) is 19.0 Å². The lowest BCUT2D eigenvalue weighted by Gasteiger charge is -2.23. The Morgan fingerprint density at radius 2 is 1.97 bits per heavy atom. The number of carbonyl (C=O) groups is 1. The lowest BCUT2D eigenvalue weighted by atomic mass is 10.2. The van der Waals surface area contributed by atoms with E-state index >= 15 is 0 Å². The normalized spacial score (nSPS) is 14.2. The Balaban J connectivity index is 1.73. The Hall–Kier alpha value is -2.60. The highest BCUT2D eigenvalue weighted by Gasteiger charge is 2.47. The number of rotatable bonds is 9.